The molecule has 4 heterocycles. The number of rotatable bonds is 9. The fourth-order valence-corrected chi connectivity index (χ4v) is 5.04. The molecule has 1 atom stereocenters. The first-order valence-corrected chi connectivity index (χ1v) is 13.4. The summed E-state index contributed by atoms with van der Waals surface area (Å²) in [5.41, 5.74) is 2.41. The van der Waals surface area contributed by atoms with Crippen molar-refractivity contribution < 1.29 is 23.8 Å². The van der Waals surface area contributed by atoms with Crippen molar-refractivity contribution in [1.82, 2.24) is 24.4 Å². The number of piperazine rings is 1. The number of hydrogen-bond acceptors (Lipinski definition) is 9. The number of nitrogens with zero attached hydrogens (tertiary/aromatic N) is 7. The fourth-order valence-electron chi connectivity index (χ4n) is 5.04. The van der Waals surface area contributed by atoms with E-state index in [1.165, 1.54) is 18.3 Å². The highest BCUT2D eigenvalue weighted by Crippen LogP contribution is 2.24. The summed E-state index contributed by atoms with van der Waals surface area (Å²) in [4.78, 5) is 29.7. The van der Waals surface area contributed by atoms with Gasteiger partial charge in [-0.2, -0.15) is 10.2 Å². The van der Waals surface area contributed by atoms with Crippen LogP contribution in [0.4, 0.5) is 10.2 Å². The summed E-state index contributed by atoms with van der Waals surface area (Å²) in [6, 6.07) is 11.2. The first-order valence-electron chi connectivity index (χ1n) is 13.4. The van der Waals surface area contributed by atoms with Gasteiger partial charge in [0.15, 0.2) is 5.82 Å². The average Bonchev–Trinajstić information content (AvgIpc) is 3.30. The third-order valence-corrected chi connectivity index (χ3v) is 7.47. The Morgan fingerprint density at radius 2 is 1.98 bits per heavy atom. The number of benzene rings is 2. The van der Waals surface area contributed by atoms with Crippen molar-refractivity contribution in [3.05, 3.63) is 77.1 Å². The number of imidazole rings is 1. The summed E-state index contributed by atoms with van der Waals surface area (Å²) >= 11 is 0. The minimum Gasteiger partial charge on any atom is -0.478 e. The molecule has 41 heavy (non-hydrogen) atoms. The SMILES string of the molecule is N#Cc1ccc(COc2cncc(N3CCN(Cc4nc5ccc(C(=O)O)cc5n4C[C@@H]4CCO4)CC3)n2)c(F)c1. The molecule has 2 aromatic heterocycles. The predicted molar refractivity (Wildman–Crippen MR) is 146 cm³/mol. The van der Waals surface area contributed by atoms with Gasteiger partial charge in [-0.1, -0.05) is 6.07 Å². The summed E-state index contributed by atoms with van der Waals surface area (Å²) in [7, 11) is 0. The Morgan fingerprint density at radius 3 is 2.68 bits per heavy atom. The standard InChI is InChI=1S/C29H28FN7O4/c30-23-11-19(13-31)1-2-21(23)18-41-28-15-32-14-26(34-28)36-8-6-35(7-9-36)17-27-33-24-4-3-20(29(38)39)12-25(24)37(27)16-22-5-10-40-22/h1-4,11-12,14-15,22H,5-10,16-18H2,(H,38,39)/t22-/m0/s1. The summed E-state index contributed by atoms with van der Waals surface area (Å²) in [6.45, 7) is 4.97. The normalized spacial score (nSPS) is 17.3. The maximum Gasteiger partial charge on any atom is 0.335 e. The molecule has 0 saturated carbocycles. The Balaban J connectivity index is 1.10. The van der Waals surface area contributed by atoms with Crippen molar-refractivity contribution in [3.8, 4) is 11.9 Å². The highest BCUT2D eigenvalue weighted by molar-refractivity contribution is 5.92. The van der Waals surface area contributed by atoms with Crippen molar-refractivity contribution in [2.24, 2.45) is 0 Å². The molecule has 0 unspecified atom stereocenters. The van der Waals surface area contributed by atoms with Crippen molar-refractivity contribution in [3.63, 3.8) is 0 Å². The molecule has 2 saturated heterocycles. The van der Waals surface area contributed by atoms with Crippen molar-refractivity contribution in [2.45, 2.75) is 32.2 Å². The quantitative estimate of drug-likeness (QED) is 0.327. The molecule has 12 heteroatoms. The van der Waals surface area contributed by atoms with Crippen LogP contribution in [0.5, 0.6) is 5.88 Å². The van der Waals surface area contributed by atoms with Crippen LogP contribution in [-0.4, -0.2) is 74.4 Å². The number of hydrogen-bond donors (Lipinski definition) is 1. The minimum atomic E-state index is -0.962. The van der Waals surface area contributed by atoms with E-state index in [1.54, 1.807) is 30.5 Å². The number of halogens is 1. The number of fused-ring (bicyclic) bond motifs is 1. The van der Waals surface area contributed by atoms with E-state index in [1.807, 2.05) is 6.07 Å². The van der Waals surface area contributed by atoms with E-state index in [0.29, 0.717) is 30.4 Å². The van der Waals surface area contributed by atoms with Gasteiger partial charge in [-0.15, -0.1) is 0 Å². The summed E-state index contributed by atoms with van der Waals surface area (Å²) in [5, 5.41) is 18.4. The van der Waals surface area contributed by atoms with E-state index < -0.39 is 11.8 Å². The lowest BCUT2D eigenvalue weighted by atomic mass is 10.1. The van der Waals surface area contributed by atoms with Gasteiger partial charge < -0.3 is 24.0 Å². The highest BCUT2D eigenvalue weighted by Gasteiger charge is 2.25. The van der Waals surface area contributed by atoms with E-state index in [2.05, 4.69) is 24.3 Å². The fraction of sp³-hybridized carbons (Fsp3) is 0.345. The van der Waals surface area contributed by atoms with Crippen molar-refractivity contribution in [2.75, 3.05) is 37.7 Å². The first-order chi connectivity index (χ1) is 20.0. The van der Waals surface area contributed by atoms with Gasteiger partial charge >= 0.3 is 5.97 Å². The van der Waals surface area contributed by atoms with Gasteiger partial charge in [0.25, 0.3) is 0 Å². The number of ether oxygens (including phenoxy) is 2. The van der Waals surface area contributed by atoms with E-state index in [4.69, 9.17) is 19.7 Å². The van der Waals surface area contributed by atoms with Crippen LogP contribution in [0.15, 0.2) is 48.8 Å². The third kappa shape index (κ3) is 5.82. The van der Waals surface area contributed by atoms with Gasteiger partial charge in [-0.3, -0.25) is 9.88 Å². The molecule has 2 aromatic carbocycles. The molecule has 0 radical (unpaired) electrons. The molecule has 2 aliphatic rings. The second-order valence-electron chi connectivity index (χ2n) is 10.1. The molecule has 4 aromatic rings. The minimum absolute atomic E-state index is 0.0235. The smallest absolute Gasteiger partial charge is 0.335 e. The Bertz CT molecular complexity index is 1620. The molecule has 6 rings (SSSR count). The zero-order chi connectivity index (χ0) is 28.3. The zero-order valence-electron chi connectivity index (χ0n) is 22.2. The molecule has 1 N–H and O–H groups in total. The summed E-state index contributed by atoms with van der Waals surface area (Å²) in [6.07, 6.45) is 4.26. The second kappa shape index (κ2) is 11.5. The highest BCUT2D eigenvalue weighted by atomic mass is 19.1. The Hall–Kier alpha value is -4.60. The maximum atomic E-state index is 14.2. The second-order valence-corrected chi connectivity index (χ2v) is 10.1. The summed E-state index contributed by atoms with van der Waals surface area (Å²) < 4.78 is 27.7. The van der Waals surface area contributed by atoms with Crippen LogP contribution in [0.3, 0.4) is 0 Å². The lowest BCUT2D eigenvalue weighted by Crippen LogP contribution is -2.46. The molecule has 0 amide bonds. The van der Waals surface area contributed by atoms with Gasteiger partial charge in [0.1, 0.15) is 18.2 Å². The van der Waals surface area contributed by atoms with Crippen LogP contribution in [0, 0.1) is 17.1 Å². The number of nitriles is 1. The Kier molecular flexibility index (Phi) is 7.45. The number of anilines is 1. The number of aromatic nitrogens is 4. The first kappa shape index (κ1) is 26.6. The molecular formula is C29H28FN7O4. The van der Waals surface area contributed by atoms with Gasteiger partial charge in [-0.25, -0.2) is 14.2 Å². The molecule has 0 bridgehead atoms. The van der Waals surface area contributed by atoms with Crippen LogP contribution in [0.25, 0.3) is 11.0 Å². The number of carbonyl (C=O) groups is 1. The Morgan fingerprint density at radius 1 is 1.15 bits per heavy atom. The van der Waals surface area contributed by atoms with Crippen molar-refractivity contribution >= 4 is 22.8 Å². The largest absolute Gasteiger partial charge is 0.478 e. The lowest BCUT2D eigenvalue weighted by molar-refractivity contribution is -0.0592. The van der Waals surface area contributed by atoms with Gasteiger partial charge in [0.2, 0.25) is 5.88 Å². The number of aromatic carboxylic acids is 1. The molecule has 2 fully saturated rings. The number of carboxylic acids is 1. The van der Waals surface area contributed by atoms with Crippen LogP contribution in [0.2, 0.25) is 0 Å². The van der Waals surface area contributed by atoms with Gasteiger partial charge in [0, 0.05) is 38.3 Å². The monoisotopic (exact) mass is 557 g/mol. The van der Waals surface area contributed by atoms with E-state index in [9.17, 15) is 14.3 Å². The molecule has 0 spiro atoms. The van der Waals surface area contributed by atoms with Crippen LogP contribution >= 0.6 is 0 Å². The number of carboxylic acid groups (broad SMARTS) is 1. The van der Waals surface area contributed by atoms with E-state index in [-0.39, 0.29) is 23.8 Å². The molecule has 210 valence electrons. The van der Waals surface area contributed by atoms with E-state index >= 15 is 0 Å². The van der Waals surface area contributed by atoms with Crippen LogP contribution < -0.4 is 9.64 Å². The third-order valence-electron chi connectivity index (χ3n) is 7.47. The molecular weight excluding hydrogens is 529 g/mol. The topological polar surface area (TPSA) is 130 Å². The van der Waals surface area contributed by atoms with Crippen LogP contribution in [-0.2, 0) is 24.4 Å². The lowest BCUT2D eigenvalue weighted by Gasteiger charge is -2.35. The van der Waals surface area contributed by atoms with E-state index in [0.717, 1.165) is 56.1 Å². The van der Waals surface area contributed by atoms with Gasteiger partial charge in [0.05, 0.1) is 59.8 Å². The molecule has 0 aliphatic carbocycles. The predicted octanol–water partition coefficient (Wildman–Crippen LogP) is 3.23. The van der Waals surface area contributed by atoms with Gasteiger partial charge in [-0.05, 0) is 36.8 Å². The van der Waals surface area contributed by atoms with Crippen LogP contribution in [0.1, 0.15) is 33.7 Å². The average molecular weight is 558 g/mol. The summed E-state index contributed by atoms with van der Waals surface area (Å²) in [5.74, 6) is 0.396. The maximum absolute atomic E-state index is 14.2. The Labute approximate surface area is 235 Å². The van der Waals surface area contributed by atoms with Crippen molar-refractivity contribution in [1.29, 1.82) is 5.26 Å². The zero-order valence-corrected chi connectivity index (χ0v) is 22.2. The molecule has 11 nitrogen and oxygen atoms in total. The molecule has 2 aliphatic heterocycles.